The second-order valence-electron chi connectivity index (χ2n) is 8.34. The average Bonchev–Trinajstić information content (AvgIpc) is 3.29. The van der Waals surface area contributed by atoms with Gasteiger partial charge in [0.2, 0.25) is 5.91 Å². The molecule has 2 heterocycles. The Balaban J connectivity index is 1.56. The number of hydrogen-bond acceptors (Lipinski definition) is 4. The van der Waals surface area contributed by atoms with Crippen molar-refractivity contribution >= 4 is 11.7 Å². The molecule has 5 heteroatoms. The predicted molar refractivity (Wildman–Crippen MR) is 114 cm³/mol. The van der Waals surface area contributed by atoms with Gasteiger partial charge in [0.15, 0.2) is 5.78 Å². The number of Topliss-reactive ketones (excluding diaryl/α,β-unsaturated/α-hetero) is 1. The Morgan fingerprint density at radius 3 is 2.66 bits per heavy atom. The van der Waals surface area contributed by atoms with Gasteiger partial charge in [-0.2, -0.15) is 0 Å². The number of nitrogens with zero attached hydrogens (tertiary/aromatic N) is 1. The first-order chi connectivity index (χ1) is 14.1. The zero-order chi connectivity index (χ0) is 20.4. The molecular weight excluding hydrogens is 362 g/mol. The number of rotatable bonds is 7. The minimum absolute atomic E-state index is 0.0489. The fourth-order valence-electron chi connectivity index (χ4n) is 5.08. The number of benzene rings is 2. The maximum absolute atomic E-state index is 13.7. The molecule has 1 amide bonds. The van der Waals surface area contributed by atoms with Crippen molar-refractivity contribution in [1.82, 2.24) is 10.2 Å². The lowest BCUT2D eigenvalue weighted by Gasteiger charge is -2.28. The van der Waals surface area contributed by atoms with Crippen molar-refractivity contribution in [2.75, 3.05) is 26.2 Å². The number of likely N-dealkylation sites (tertiary alicyclic amines) is 1. The molecule has 0 spiro atoms. The van der Waals surface area contributed by atoms with E-state index in [-0.39, 0.29) is 11.8 Å². The SMILES string of the molecule is Cc1cccc(C(N)=O)c1C(=O)[C@@H]1[C@@H]2CNCC2CN1CCCc1ccccc1. The quantitative estimate of drug-likeness (QED) is 0.711. The molecule has 152 valence electrons. The van der Waals surface area contributed by atoms with E-state index in [1.54, 1.807) is 12.1 Å². The first-order valence-electron chi connectivity index (χ1n) is 10.5. The Morgan fingerprint density at radius 2 is 1.90 bits per heavy atom. The van der Waals surface area contributed by atoms with Crippen molar-refractivity contribution in [3.63, 3.8) is 0 Å². The van der Waals surface area contributed by atoms with Gasteiger partial charge in [-0.25, -0.2) is 0 Å². The van der Waals surface area contributed by atoms with Crippen LogP contribution in [0, 0.1) is 18.8 Å². The molecule has 3 N–H and O–H groups in total. The van der Waals surface area contributed by atoms with E-state index in [2.05, 4.69) is 34.5 Å². The molecule has 1 unspecified atom stereocenters. The van der Waals surface area contributed by atoms with Gasteiger partial charge in [-0.05, 0) is 61.9 Å². The highest BCUT2D eigenvalue weighted by Crippen LogP contribution is 2.35. The van der Waals surface area contributed by atoms with Gasteiger partial charge in [0.1, 0.15) is 0 Å². The highest BCUT2D eigenvalue weighted by Gasteiger charge is 2.48. The average molecular weight is 392 g/mol. The van der Waals surface area contributed by atoms with Gasteiger partial charge in [0.05, 0.1) is 11.6 Å². The number of aryl methyl sites for hydroxylation is 2. The maximum atomic E-state index is 13.7. The van der Waals surface area contributed by atoms with Crippen LogP contribution in [0.15, 0.2) is 48.5 Å². The van der Waals surface area contributed by atoms with Crippen LogP contribution in [0.5, 0.6) is 0 Å². The normalized spacial score (nSPS) is 23.8. The number of amides is 1. The zero-order valence-corrected chi connectivity index (χ0v) is 16.9. The van der Waals surface area contributed by atoms with Crippen molar-refractivity contribution in [2.45, 2.75) is 25.8 Å². The fraction of sp³-hybridized carbons (Fsp3) is 0.417. The number of fused-ring (bicyclic) bond motifs is 1. The third kappa shape index (κ3) is 3.98. The fourth-order valence-corrected chi connectivity index (χ4v) is 5.08. The molecule has 0 bridgehead atoms. The van der Waals surface area contributed by atoms with Crippen LogP contribution in [0.4, 0.5) is 0 Å². The van der Waals surface area contributed by atoms with Crippen LogP contribution in [0.1, 0.15) is 38.3 Å². The van der Waals surface area contributed by atoms with E-state index in [1.807, 2.05) is 19.1 Å². The van der Waals surface area contributed by atoms with Crippen molar-refractivity contribution in [1.29, 1.82) is 0 Å². The molecule has 4 rings (SSSR count). The molecule has 5 nitrogen and oxygen atoms in total. The Hall–Kier alpha value is -2.50. The van der Waals surface area contributed by atoms with E-state index in [0.29, 0.717) is 23.0 Å². The number of nitrogens with two attached hydrogens (primary N) is 1. The predicted octanol–water partition coefficient (Wildman–Crippen LogP) is 2.43. The van der Waals surface area contributed by atoms with Gasteiger partial charge in [0, 0.05) is 18.7 Å². The van der Waals surface area contributed by atoms with E-state index in [4.69, 9.17) is 5.73 Å². The summed E-state index contributed by atoms with van der Waals surface area (Å²) in [6.45, 7) is 5.52. The molecule has 2 saturated heterocycles. The summed E-state index contributed by atoms with van der Waals surface area (Å²) < 4.78 is 0. The monoisotopic (exact) mass is 391 g/mol. The largest absolute Gasteiger partial charge is 0.366 e. The van der Waals surface area contributed by atoms with Crippen LogP contribution in [-0.4, -0.2) is 48.8 Å². The highest BCUT2D eigenvalue weighted by atomic mass is 16.1. The number of carbonyl (C=O) groups excluding carboxylic acids is 2. The van der Waals surface area contributed by atoms with Crippen LogP contribution in [0.25, 0.3) is 0 Å². The van der Waals surface area contributed by atoms with E-state index < -0.39 is 5.91 Å². The van der Waals surface area contributed by atoms with E-state index in [1.165, 1.54) is 5.56 Å². The third-order valence-corrected chi connectivity index (χ3v) is 6.47. The van der Waals surface area contributed by atoms with Gasteiger partial charge >= 0.3 is 0 Å². The van der Waals surface area contributed by atoms with E-state index in [0.717, 1.165) is 44.6 Å². The minimum Gasteiger partial charge on any atom is -0.366 e. The number of primary amides is 1. The number of ketones is 1. The molecule has 0 aliphatic carbocycles. The summed E-state index contributed by atoms with van der Waals surface area (Å²) in [5, 5.41) is 3.44. The maximum Gasteiger partial charge on any atom is 0.249 e. The number of carbonyl (C=O) groups is 2. The van der Waals surface area contributed by atoms with E-state index >= 15 is 0 Å². The third-order valence-electron chi connectivity index (χ3n) is 6.47. The van der Waals surface area contributed by atoms with Crippen LogP contribution >= 0.6 is 0 Å². The summed E-state index contributed by atoms with van der Waals surface area (Å²) in [4.78, 5) is 28.0. The molecule has 2 aliphatic rings. The Kier molecular flexibility index (Phi) is 5.79. The standard InChI is InChI=1S/C24H29N3O2/c1-16-7-5-11-19(24(25)29)21(16)23(28)22-20-14-26-13-18(20)15-27(22)12-6-10-17-8-3-2-4-9-17/h2-5,7-9,11,18,20,22,26H,6,10,12-15H2,1H3,(H2,25,29)/t18?,20-,22+/m1/s1. The van der Waals surface area contributed by atoms with Gasteiger partial charge in [0.25, 0.3) is 0 Å². The van der Waals surface area contributed by atoms with Gasteiger partial charge in [-0.3, -0.25) is 14.5 Å². The van der Waals surface area contributed by atoms with Gasteiger partial charge < -0.3 is 11.1 Å². The molecule has 2 aromatic carbocycles. The molecule has 2 aromatic rings. The second kappa shape index (κ2) is 8.47. The summed E-state index contributed by atoms with van der Waals surface area (Å²) in [7, 11) is 0. The van der Waals surface area contributed by atoms with Gasteiger partial charge in [-0.15, -0.1) is 0 Å². The van der Waals surface area contributed by atoms with Crippen LogP contribution in [0.3, 0.4) is 0 Å². The van der Waals surface area contributed by atoms with E-state index in [9.17, 15) is 9.59 Å². The Morgan fingerprint density at radius 1 is 1.10 bits per heavy atom. The Bertz CT molecular complexity index is 896. The lowest BCUT2D eigenvalue weighted by Crippen LogP contribution is -2.43. The lowest BCUT2D eigenvalue weighted by molar-refractivity contribution is 0.0825. The van der Waals surface area contributed by atoms with Crippen molar-refractivity contribution in [3.05, 3.63) is 70.8 Å². The van der Waals surface area contributed by atoms with Crippen LogP contribution in [-0.2, 0) is 6.42 Å². The number of nitrogens with one attached hydrogen (secondary N) is 1. The van der Waals surface area contributed by atoms with Gasteiger partial charge in [-0.1, -0.05) is 42.5 Å². The summed E-state index contributed by atoms with van der Waals surface area (Å²) in [6, 6.07) is 15.6. The molecule has 2 aliphatic heterocycles. The van der Waals surface area contributed by atoms with Crippen molar-refractivity contribution in [3.8, 4) is 0 Å². The lowest BCUT2D eigenvalue weighted by atomic mass is 9.86. The van der Waals surface area contributed by atoms with Crippen molar-refractivity contribution in [2.24, 2.45) is 17.6 Å². The smallest absolute Gasteiger partial charge is 0.249 e. The number of hydrogen-bond donors (Lipinski definition) is 2. The molecule has 0 saturated carbocycles. The molecular formula is C24H29N3O2. The van der Waals surface area contributed by atoms with Crippen LogP contribution in [0.2, 0.25) is 0 Å². The minimum atomic E-state index is -0.535. The highest BCUT2D eigenvalue weighted by molar-refractivity contribution is 6.10. The summed E-state index contributed by atoms with van der Waals surface area (Å²) >= 11 is 0. The summed E-state index contributed by atoms with van der Waals surface area (Å²) in [6.07, 6.45) is 2.01. The topological polar surface area (TPSA) is 75.4 Å². The Labute approximate surface area is 172 Å². The zero-order valence-electron chi connectivity index (χ0n) is 16.9. The second-order valence-corrected chi connectivity index (χ2v) is 8.34. The molecule has 3 atom stereocenters. The summed E-state index contributed by atoms with van der Waals surface area (Å²) in [5.41, 5.74) is 8.58. The summed E-state index contributed by atoms with van der Waals surface area (Å²) in [5.74, 6) is 0.292. The van der Waals surface area contributed by atoms with Crippen LogP contribution < -0.4 is 11.1 Å². The van der Waals surface area contributed by atoms with Crippen molar-refractivity contribution < 1.29 is 9.59 Å². The molecule has 0 radical (unpaired) electrons. The molecule has 2 fully saturated rings. The molecule has 29 heavy (non-hydrogen) atoms. The molecule has 0 aromatic heterocycles. The first-order valence-corrected chi connectivity index (χ1v) is 10.5. The first kappa shape index (κ1) is 19.8.